The predicted molar refractivity (Wildman–Crippen MR) is 77.8 cm³/mol. The summed E-state index contributed by atoms with van der Waals surface area (Å²) in [7, 11) is 0. The van der Waals surface area contributed by atoms with E-state index in [4.69, 9.17) is 5.11 Å². The maximum absolute atomic E-state index is 12.2. The standard InChI is InChI=1S/C15H16N4O3/c20-14(19-8-4-7-13(19)15(21)22)10-18-9-12(16-17-18)11-5-2-1-3-6-11/h1-3,5-6,9,13H,4,7-8,10H2,(H,21,22). The van der Waals surface area contributed by atoms with Crippen LogP contribution in [0, 0.1) is 0 Å². The number of rotatable bonds is 4. The Labute approximate surface area is 127 Å². The number of benzene rings is 1. The molecule has 7 nitrogen and oxygen atoms in total. The van der Waals surface area contributed by atoms with Crippen molar-refractivity contribution < 1.29 is 14.7 Å². The molecule has 2 heterocycles. The van der Waals surface area contributed by atoms with Crippen molar-refractivity contribution in [1.29, 1.82) is 0 Å². The lowest BCUT2D eigenvalue weighted by Gasteiger charge is -2.21. The number of aliphatic carboxylic acids is 1. The monoisotopic (exact) mass is 300 g/mol. The summed E-state index contributed by atoms with van der Waals surface area (Å²) >= 11 is 0. The molecule has 0 bridgehead atoms. The number of hydrogen-bond donors (Lipinski definition) is 1. The first kappa shape index (κ1) is 14.2. The van der Waals surface area contributed by atoms with Gasteiger partial charge in [-0.15, -0.1) is 5.10 Å². The number of nitrogens with zero attached hydrogens (tertiary/aromatic N) is 4. The van der Waals surface area contributed by atoms with Crippen LogP contribution in [-0.2, 0) is 16.1 Å². The normalized spacial score (nSPS) is 17.6. The van der Waals surface area contributed by atoms with Crippen molar-refractivity contribution in [2.45, 2.75) is 25.4 Å². The summed E-state index contributed by atoms with van der Waals surface area (Å²) in [5.41, 5.74) is 1.61. The summed E-state index contributed by atoms with van der Waals surface area (Å²) < 4.78 is 1.45. The van der Waals surface area contributed by atoms with Gasteiger partial charge in [-0.05, 0) is 12.8 Å². The van der Waals surface area contributed by atoms with E-state index in [2.05, 4.69) is 10.3 Å². The Morgan fingerprint density at radius 3 is 2.77 bits per heavy atom. The fourth-order valence-corrected chi connectivity index (χ4v) is 2.67. The lowest BCUT2D eigenvalue weighted by atomic mass is 10.2. The fraction of sp³-hybridized carbons (Fsp3) is 0.333. The Morgan fingerprint density at radius 2 is 2.05 bits per heavy atom. The fourth-order valence-electron chi connectivity index (χ4n) is 2.67. The summed E-state index contributed by atoms with van der Waals surface area (Å²) in [6.07, 6.45) is 2.92. The SMILES string of the molecule is O=C(O)C1CCCN1C(=O)Cn1cc(-c2ccccc2)nn1. The van der Waals surface area contributed by atoms with Crippen LogP contribution < -0.4 is 0 Å². The molecule has 2 aromatic rings. The highest BCUT2D eigenvalue weighted by Crippen LogP contribution is 2.19. The topological polar surface area (TPSA) is 88.3 Å². The van der Waals surface area contributed by atoms with Gasteiger partial charge in [-0.25, -0.2) is 9.48 Å². The van der Waals surface area contributed by atoms with E-state index in [0.717, 1.165) is 12.0 Å². The van der Waals surface area contributed by atoms with Crippen LogP contribution in [-0.4, -0.2) is 49.5 Å². The number of carbonyl (C=O) groups excluding carboxylic acids is 1. The first-order valence-corrected chi connectivity index (χ1v) is 7.13. The second-order valence-electron chi connectivity index (χ2n) is 5.25. The van der Waals surface area contributed by atoms with Crippen molar-refractivity contribution in [1.82, 2.24) is 19.9 Å². The zero-order valence-electron chi connectivity index (χ0n) is 11.9. The van der Waals surface area contributed by atoms with Crippen molar-refractivity contribution >= 4 is 11.9 Å². The zero-order valence-corrected chi connectivity index (χ0v) is 11.9. The van der Waals surface area contributed by atoms with E-state index in [1.165, 1.54) is 9.58 Å². The minimum Gasteiger partial charge on any atom is -0.480 e. The molecule has 1 amide bonds. The van der Waals surface area contributed by atoms with Gasteiger partial charge in [0.2, 0.25) is 5.91 Å². The average Bonchev–Trinajstić information content (AvgIpc) is 3.17. The molecule has 1 unspecified atom stereocenters. The number of carbonyl (C=O) groups is 2. The zero-order chi connectivity index (χ0) is 15.5. The quantitative estimate of drug-likeness (QED) is 0.910. The van der Waals surface area contributed by atoms with Gasteiger partial charge in [0, 0.05) is 12.1 Å². The first-order chi connectivity index (χ1) is 10.6. The molecule has 1 fully saturated rings. The highest BCUT2D eigenvalue weighted by atomic mass is 16.4. The molecule has 1 saturated heterocycles. The molecule has 1 atom stereocenters. The van der Waals surface area contributed by atoms with E-state index in [0.29, 0.717) is 18.7 Å². The second kappa shape index (κ2) is 5.97. The number of likely N-dealkylation sites (tertiary alicyclic amines) is 1. The van der Waals surface area contributed by atoms with Crippen LogP contribution in [0.1, 0.15) is 12.8 Å². The Hall–Kier alpha value is -2.70. The molecule has 1 aromatic heterocycles. The van der Waals surface area contributed by atoms with Crippen LogP contribution in [0.15, 0.2) is 36.5 Å². The molecular formula is C15H16N4O3. The Morgan fingerprint density at radius 1 is 1.27 bits per heavy atom. The van der Waals surface area contributed by atoms with Crippen LogP contribution in [0.25, 0.3) is 11.3 Å². The number of hydrogen-bond acceptors (Lipinski definition) is 4. The van der Waals surface area contributed by atoms with Gasteiger partial charge in [-0.1, -0.05) is 35.5 Å². The van der Waals surface area contributed by atoms with Crippen LogP contribution in [0.2, 0.25) is 0 Å². The molecule has 1 aliphatic rings. The highest BCUT2D eigenvalue weighted by Gasteiger charge is 2.33. The van der Waals surface area contributed by atoms with Gasteiger partial charge < -0.3 is 10.0 Å². The van der Waals surface area contributed by atoms with E-state index in [-0.39, 0.29) is 12.5 Å². The largest absolute Gasteiger partial charge is 0.480 e. The molecule has 0 saturated carbocycles. The van der Waals surface area contributed by atoms with Gasteiger partial charge in [0.1, 0.15) is 18.3 Å². The van der Waals surface area contributed by atoms with Gasteiger partial charge in [0.25, 0.3) is 0 Å². The van der Waals surface area contributed by atoms with E-state index in [9.17, 15) is 9.59 Å². The molecule has 0 aliphatic carbocycles. The van der Waals surface area contributed by atoms with E-state index in [1.807, 2.05) is 30.3 Å². The van der Waals surface area contributed by atoms with Crippen molar-refractivity contribution in [2.75, 3.05) is 6.54 Å². The number of carboxylic acids is 1. The van der Waals surface area contributed by atoms with Crippen molar-refractivity contribution in [3.63, 3.8) is 0 Å². The van der Waals surface area contributed by atoms with Crippen LogP contribution in [0.4, 0.5) is 0 Å². The molecule has 1 N–H and O–H groups in total. The number of amides is 1. The van der Waals surface area contributed by atoms with Crippen LogP contribution >= 0.6 is 0 Å². The highest BCUT2D eigenvalue weighted by molar-refractivity contribution is 5.84. The molecule has 0 spiro atoms. The molecule has 114 valence electrons. The smallest absolute Gasteiger partial charge is 0.326 e. The van der Waals surface area contributed by atoms with E-state index < -0.39 is 12.0 Å². The van der Waals surface area contributed by atoms with Crippen LogP contribution in [0.5, 0.6) is 0 Å². The molecule has 22 heavy (non-hydrogen) atoms. The minimum atomic E-state index is -0.950. The Balaban J connectivity index is 1.70. The summed E-state index contributed by atoms with van der Waals surface area (Å²) in [5.74, 6) is -1.19. The third-order valence-corrected chi connectivity index (χ3v) is 3.76. The van der Waals surface area contributed by atoms with Crippen LogP contribution in [0.3, 0.4) is 0 Å². The first-order valence-electron chi connectivity index (χ1n) is 7.13. The maximum atomic E-state index is 12.2. The summed E-state index contributed by atoms with van der Waals surface area (Å²) in [6, 6.07) is 8.83. The number of carboxylic acid groups (broad SMARTS) is 1. The molecule has 7 heteroatoms. The van der Waals surface area contributed by atoms with Crippen molar-refractivity contribution in [3.05, 3.63) is 36.5 Å². The third kappa shape index (κ3) is 2.83. The molecule has 0 radical (unpaired) electrons. The van der Waals surface area contributed by atoms with Gasteiger partial charge in [0.05, 0.1) is 6.20 Å². The molecule has 1 aromatic carbocycles. The minimum absolute atomic E-state index is 0.00358. The van der Waals surface area contributed by atoms with E-state index >= 15 is 0 Å². The molecule has 1 aliphatic heterocycles. The van der Waals surface area contributed by atoms with Gasteiger partial charge in [0.15, 0.2) is 0 Å². The van der Waals surface area contributed by atoms with Gasteiger partial charge in [-0.2, -0.15) is 0 Å². The molecule has 3 rings (SSSR count). The predicted octanol–water partition coefficient (Wildman–Crippen LogP) is 1.02. The summed E-state index contributed by atoms with van der Waals surface area (Å²) in [5, 5.41) is 17.1. The lowest BCUT2D eigenvalue weighted by molar-refractivity contribution is -0.148. The van der Waals surface area contributed by atoms with Crippen molar-refractivity contribution in [2.24, 2.45) is 0 Å². The van der Waals surface area contributed by atoms with Gasteiger partial charge >= 0.3 is 5.97 Å². The lowest BCUT2D eigenvalue weighted by Crippen LogP contribution is -2.42. The second-order valence-corrected chi connectivity index (χ2v) is 5.25. The van der Waals surface area contributed by atoms with E-state index in [1.54, 1.807) is 6.20 Å². The third-order valence-electron chi connectivity index (χ3n) is 3.76. The number of aromatic nitrogens is 3. The van der Waals surface area contributed by atoms with Crippen molar-refractivity contribution in [3.8, 4) is 11.3 Å². The van der Waals surface area contributed by atoms with Gasteiger partial charge in [-0.3, -0.25) is 4.79 Å². The Kier molecular flexibility index (Phi) is 3.86. The molecular weight excluding hydrogens is 284 g/mol. The summed E-state index contributed by atoms with van der Waals surface area (Å²) in [6.45, 7) is 0.486. The Bertz CT molecular complexity index is 683. The maximum Gasteiger partial charge on any atom is 0.326 e. The average molecular weight is 300 g/mol. The summed E-state index contributed by atoms with van der Waals surface area (Å²) in [4.78, 5) is 24.8.